The smallest absolute Gasteiger partial charge is 0.337 e. The molecule has 2 rings (SSSR count). The zero-order chi connectivity index (χ0) is 21.9. The van der Waals surface area contributed by atoms with E-state index in [1.54, 1.807) is 13.2 Å². The third-order valence-corrected chi connectivity index (χ3v) is 5.19. The highest BCUT2D eigenvalue weighted by Gasteiger charge is 2.43. The van der Waals surface area contributed by atoms with Gasteiger partial charge in [0.1, 0.15) is 5.75 Å². The fourth-order valence-electron chi connectivity index (χ4n) is 3.47. The van der Waals surface area contributed by atoms with Crippen LogP contribution in [0.1, 0.15) is 52.7 Å². The predicted molar refractivity (Wildman–Crippen MR) is 112 cm³/mol. The summed E-state index contributed by atoms with van der Waals surface area (Å²) in [6.45, 7) is 9.65. The van der Waals surface area contributed by atoms with Crippen LogP contribution in [0.4, 0.5) is 0 Å². The van der Waals surface area contributed by atoms with Crippen LogP contribution in [0, 0.1) is 5.92 Å². The van der Waals surface area contributed by atoms with E-state index in [9.17, 15) is 9.90 Å². The largest absolute Gasteiger partial charge is 0.492 e. The molecule has 1 aliphatic rings. The van der Waals surface area contributed by atoms with Gasteiger partial charge in [-0.3, -0.25) is 0 Å². The molecule has 1 aromatic rings. The average molecular weight is 475 g/mol. The van der Waals surface area contributed by atoms with Gasteiger partial charge in [-0.15, -0.1) is 0 Å². The van der Waals surface area contributed by atoms with Crippen LogP contribution < -0.4 is 14.2 Å². The number of esters is 1. The van der Waals surface area contributed by atoms with Gasteiger partial charge >= 0.3 is 5.97 Å². The summed E-state index contributed by atoms with van der Waals surface area (Å²) in [7, 11) is 2.83. The Morgan fingerprint density at radius 2 is 1.79 bits per heavy atom. The maximum Gasteiger partial charge on any atom is 0.337 e. The van der Waals surface area contributed by atoms with Gasteiger partial charge in [0.05, 0.1) is 48.7 Å². The number of benzene rings is 1. The molecule has 1 aromatic carbocycles. The van der Waals surface area contributed by atoms with E-state index in [1.807, 2.05) is 34.6 Å². The van der Waals surface area contributed by atoms with Gasteiger partial charge < -0.3 is 28.8 Å². The van der Waals surface area contributed by atoms with Crippen molar-refractivity contribution in [1.29, 1.82) is 0 Å². The summed E-state index contributed by atoms with van der Waals surface area (Å²) < 4.78 is 29.3. The molecule has 29 heavy (non-hydrogen) atoms. The first-order valence-corrected chi connectivity index (χ1v) is 10.5. The Morgan fingerprint density at radius 3 is 2.31 bits per heavy atom. The number of hydrogen-bond acceptors (Lipinski definition) is 7. The predicted octanol–water partition coefficient (Wildman–Crippen LogP) is 4.03. The summed E-state index contributed by atoms with van der Waals surface area (Å²) in [5.41, 5.74) is 0.638. The number of aliphatic hydroxyl groups is 1. The minimum atomic E-state index is -1.09. The van der Waals surface area contributed by atoms with Crippen molar-refractivity contribution in [2.75, 3.05) is 14.2 Å². The number of carbonyl (C=O) groups is 1. The molecule has 8 heteroatoms. The number of halogens is 1. The Labute approximate surface area is 180 Å². The zero-order valence-corrected chi connectivity index (χ0v) is 19.6. The van der Waals surface area contributed by atoms with E-state index in [1.165, 1.54) is 7.11 Å². The summed E-state index contributed by atoms with van der Waals surface area (Å²) in [5.74, 6) is 0.847. The monoisotopic (exact) mass is 474 g/mol. The molecular weight excluding hydrogens is 444 g/mol. The van der Waals surface area contributed by atoms with Gasteiger partial charge in [-0.2, -0.15) is 0 Å². The molecule has 1 N–H and O–H groups in total. The fourth-order valence-corrected chi connectivity index (χ4v) is 3.98. The highest BCUT2D eigenvalue weighted by molar-refractivity contribution is 9.10. The molecule has 0 aromatic heterocycles. The summed E-state index contributed by atoms with van der Waals surface area (Å²) in [4.78, 5) is 12.2. The molecule has 0 unspecified atom stereocenters. The lowest BCUT2D eigenvalue weighted by Crippen LogP contribution is -2.45. The van der Waals surface area contributed by atoms with Crippen molar-refractivity contribution in [2.45, 2.75) is 71.6 Å². The average Bonchev–Trinajstić information content (AvgIpc) is 2.62. The van der Waals surface area contributed by atoms with Crippen LogP contribution in [0.25, 0.3) is 0 Å². The highest BCUT2D eigenvalue weighted by Crippen LogP contribution is 2.51. The van der Waals surface area contributed by atoms with Crippen LogP contribution in [0.5, 0.6) is 17.2 Å². The van der Waals surface area contributed by atoms with Gasteiger partial charge in [0.2, 0.25) is 0 Å². The van der Waals surface area contributed by atoms with Gasteiger partial charge in [0, 0.05) is 6.07 Å². The third-order valence-electron chi connectivity index (χ3n) is 4.60. The number of aliphatic hydroxyl groups excluding tert-OH is 1. The molecule has 7 nitrogen and oxygen atoms in total. The Bertz CT molecular complexity index is 719. The second-order valence-electron chi connectivity index (χ2n) is 7.75. The molecule has 1 aliphatic heterocycles. The second kappa shape index (κ2) is 10.00. The van der Waals surface area contributed by atoms with Gasteiger partial charge in [0.15, 0.2) is 17.6 Å². The molecule has 0 amide bonds. The Morgan fingerprint density at radius 1 is 1.17 bits per heavy atom. The molecule has 1 fully saturated rings. The molecule has 0 aliphatic carbocycles. The van der Waals surface area contributed by atoms with Crippen molar-refractivity contribution in [3.05, 3.63) is 16.1 Å². The van der Waals surface area contributed by atoms with Crippen molar-refractivity contribution < 1.29 is 33.6 Å². The highest BCUT2D eigenvalue weighted by atomic mass is 79.9. The van der Waals surface area contributed by atoms with Crippen molar-refractivity contribution in [1.82, 2.24) is 0 Å². The van der Waals surface area contributed by atoms with Gasteiger partial charge in [-0.25, -0.2) is 4.79 Å². The molecule has 164 valence electrons. The van der Waals surface area contributed by atoms with Crippen LogP contribution in [0.15, 0.2) is 10.5 Å². The Hall–Kier alpha value is -1.51. The van der Waals surface area contributed by atoms with Gasteiger partial charge in [-0.05, 0) is 56.0 Å². The molecule has 0 bridgehead atoms. The number of ether oxygens (including phenoxy) is 5. The Balaban J connectivity index is 2.65. The van der Waals surface area contributed by atoms with Crippen molar-refractivity contribution in [3.63, 3.8) is 0 Å². The third kappa shape index (κ3) is 5.35. The van der Waals surface area contributed by atoms with Crippen LogP contribution in [0.2, 0.25) is 0 Å². The molecule has 0 spiro atoms. The zero-order valence-electron chi connectivity index (χ0n) is 18.0. The molecule has 0 radical (unpaired) electrons. The summed E-state index contributed by atoms with van der Waals surface area (Å²) in [6, 6.07) is 1.81. The van der Waals surface area contributed by atoms with E-state index in [-0.39, 0.29) is 18.1 Å². The lowest BCUT2D eigenvalue weighted by Gasteiger charge is -2.38. The van der Waals surface area contributed by atoms with E-state index >= 15 is 0 Å². The van der Waals surface area contributed by atoms with Crippen LogP contribution in [-0.4, -0.2) is 49.7 Å². The lowest BCUT2D eigenvalue weighted by molar-refractivity contribution is -0.186. The molecule has 1 saturated heterocycles. The topological polar surface area (TPSA) is 83.5 Å². The minimum Gasteiger partial charge on any atom is -0.492 e. The second-order valence-corrected chi connectivity index (χ2v) is 8.60. The van der Waals surface area contributed by atoms with Crippen LogP contribution >= 0.6 is 15.9 Å². The first-order valence-electron chi connectivity index (χ1n) is 9.75. The molecule has 4 atom stereocenters. The van der Waals surface area contributed by atoms with Crippen LogP contribution in [-0.2, 0) is 14.3 Å². The van der Waals surface area contributed by atoms with E-state index in [0.29, 0.717) is 33.7 Å². The van der Waals surface area contributed by atoms with E-state index < -0.39 is 24.3 Å². The van der Waals surface area contributed by atoms with Crippen molar-refractivity contribution >= 4 is 21.9 Å². The summed E-state index contributed by atoms with van der Waals surface area (Å²) in [6.07, 6.45) is -2.43. The quantitative estimate of drug-likeness (QED) is 0.597. The van der Waals surface area contributed by atoms with Gasteiger partial charge in [-0.1, -0.05) is 6.92 Å². The lowest BCUT2D eigenvalue weighted by atomic mass is 9.86. The molecule has 0 saturated carbocycles. The van der Waals surface area contributed by atoms with Gasteiger partial charge in [0.25, 0.3) is 0 Å². The first-order chi connectivity index (χ1) is 13.6. The van der Waals surface area contributed by atoms with Crippen molar-refractivity contribution in [3.8, 4) is 17.2 Å². The maximum absolute atomic E-state index is 12.2. The van der Waals surface area contributed by atoms with E-state index in [0.717, 1.165) is 0 Å². The van der Waals surface area contributed by atoms with Crippen molar-refractivity contribution in [2.24, 2.45) is 5.92 Å². The molecule has 1 heterocycles. The number of methoxy groups -OCH3 is 2. The number of carbonyl (C=O) groups excluding carboxylic acids is 1. The Kier molecular flexibility index (Phi) is 8.19. The standard InChI is InChI=1S/C21H31BrO7/c1-10(2)27-15-9-13(22)18(28-11(3)4)16(20(15)25-6)17-12(5)8-14(23)19(29-17)21(24)26-7/h9-12,14,17,19,23H,8H2,1-7H3/t12-,14-,17-,19-/m0/s1. The molecular formula is C21H31BrO7. The van der Waals surface area contributed by atoms with Crippen LogP contribution in [0.3, 0.4) is 0 Å². The maximum atomic E-state index is 12.2. The van der Waals surface area contributed by atoms with E-state index in [4.69, 9.17) is 23.7 Å². The van der Waals surface area contributed by atoms with E-state index in [2.05, 4.69) is 15.9 Å². The normalized spacial score (nSPS) is 24.5. The number of rotatable bonds is 7. The minimum absolute atomic E-state index is 0.0742. The number of hydrogen-bond donors (Lipinski definition) is 1. The SMILES string of the molecule is COC(=O)[C@H]1O[C@H](c2c(OC(C)C)c(Br)cc(OC(C)C)c2OC)[C@@H](C)C[C@@H]1O. The first kappa shape index (κ1) is 23.8. The summed E-state index contributed by atoms with van der Waals surface area (Å²) in [5, 5.41) is 10.4. The fraction of sp³-hybridized carbons (Fsp3) is 0.667. The summed E-state index contributed by atoms with van der Waals surface area (Å²) >= 11 is 3.58.